The van der Waals surface area contributed by atoms with Gasteiger partial charge in [0.25, 0.3) is 0 Å². The van der Waals surface area contributed by atoms with Crippen molar-refractivity contribution >= 4 is 5.78 Å². The SMILES string of the molecule is CCCCC(=O)c1cc(CC(C)C)c(O)c(CO)c1O. The molecule has 20 heavy (non-hydrogen) atoms. The summed E-state index contributed by atoms with van der Waals surface area (Å²) in [5.74, 6) is -0.246. The fraction of sp³-hybridized carbons (Fsp3) is 0.562. The molecular weight excluding hydrogens is 256 g/mol. The van der Waals surface area contributed by atoms with E-state index in [1.54, 1.807) is 6.07 Å². The van der Waals surface area contributed by atoms with Gasteiger partial charge < -0.3 is 15.3 Å². The number of benzene rings is 1. The Balaban J connectivity index is 3.26. The van der Waals surface area contributed by atoms with Gasteiger partial charge in [-0.3, -0.25) is 4.79 Å². The number of aliphatic hydroxyl groups is 1. The fourth-order valence-corrected chi connectivity index (χ4v) is 2.21. The molecule has 0 unspecified atom stereocenters. The van der Waals surface area contributed by atoms with E-state index in [-0.39, 0.29) is 28.4 Å². The van der Waals surface area contributed by atoms with Crippen LogP contribution in [-0.2, 0) is 13.0 Å². The second-order valence-corrected chi connectivity index (χ2v) is 5.54. The first-order chi connectivity index (χ1) is 9.42. The normalized spacial score (nSPS) is 11.1. The van der Waals surface area contributed by atoms with Crippen molar-refractivity contribution in [3.8, 4) is 11.5 Å². The number of aromatic hydroxyl groups is 2. The summed E-state index contributed by atoms with van der Waals surface area (Å²) in [6.07, 6.45) is 2.61. The van der Waals surface area contributed by atoms with E-state index < -0.39 is 6.61 Å². The second kappa shape index (κ2) is 7.29. The van der Waals surface area contributed by atoms with E-state index in [0.29, 0.717) is 24.3 Å². The molecule has 1 aromatic carbocycles. The number of phenols is 2. The molecule has 3 N–H and O–H groups in total. The quantitative estimate of drug-likeness (QED) is 0.670. The maximum absolute atomic E-state index is 12.1. The summed E-state index contributed by atoms with van der Waals surface area (Å²) < 4.78 is 0. The predicted octanol–water partition coefficient (Wildman–Crippen LogP) is 3.16. The first-order valence-electron chi connectivity index (χ1n) is 7.13. The Morgan fingerprint density at radius 2 is 1.90 bits per heavy atom. The fourth-order valence-electron chi connectivity index (χ4n) is 2.21. The molecule has 0 atom stereocenters. The van der Waals surface area contributed by atoms with Crippen molar-refractivity contribution in [3.05, 3.63) is 22.8 Å². The van der Waals surface area contributed by atoms with E-state index in [1.807, 2.05) is 20.8 Å². The zero-order chi connectivity index (χ0) is 15.3. The molecule has 4 nitrogen and oxygen atoms in total. The van der Waals surface area contributed by atoms with Gasteiger partial charge in [0, 0.05) is 6.42 Å². The van der Waals surface area contributed by atoms with E-state index in [2.05, 4.69) is 0 Å². The minimum atomic E-state index is -0.488. The van der Waals surface area contributed by atoms with Crippen molar-refractivity contribution in [1.29, 1.82) is 0 Å². The van der Waals surface area contributed by atoms with Gasteiger partial charge in [0.15, 0.2) is 5.78 Å². The lowest BCUT2D eigenvalue weighted by molar-refractivity contribution is 0.0976. The van der Waals surface area contributed by atoms with Crippen LogP contribution in [0.1, 0.15) is 61.5 Å². The maximum atomic E-state index is 12.1. The van der Waals surface area contributed by atoms with Crippen molar-refractivity contribution < 1.29 is 20.1 Å². The van der Waals surface area contributed by atoms with E-state index in [0.717, 1.165) is 12.8 Å². The lowest BCUT2D eigenvalue weighted by Gasteiger charge is -2.15. The molecule has 0 fully saturated rings. The molecule has 0 aliphatic rings. The second-order valence-electron chi connectivity index (χ2n) is 5.54. The molecule has 4 heteroatoms. The first kappa shape index (κ1) is 16.5. The highest BCUT2D eigenvalue weighted by atomic mass is 16.3. The molecular formula is C16H24O4. The Morgan fingerprint density at radius 3 is 2.40 bits per heavy atom. The molecule has 0 saturated carbocycles. The molecule has 0 aliphatic carbocycles. The largest absolute Gasteiger partial charge is 0.507 e. The Kier molecular flexibility index (Phi) is 6.02. The third-order valence-corrected chi connectivity index (χ3v) is 3.29. The third kappa shape index (κ3) is 3.73. The van der Waals surface area contributed by atoms with Crippen LogP contribution in [-0.4, -0.2) is 21.1 Å². The molecule has 1 rings (SSSR count). The minimum absolute atomic E-state index is 0.0444. The average molecular weight is 280 g/mol. The van der Waals surface area contributed by atoms with Crippen LogP contribution < -0.4 is 0 Å². The zero-order valence-electron chi connectivity index (χ0n) is 12.4. The predicted molar refractivity (Wildman–Crippen MR) is 78.1 cm³/mol. The van der Waals surface area contributed by atoms with Gasteiger partial charge in [-0.15, -0.1) is 0 Å². The topological polar surface area (TPSA) is 77.8 Å². The summed E-state index contributed by atoms with van der Waals surface area (Å²) >= 11 is 0. The monoisotopic (exact) mass is 280 g/mol. The van der Waals surface area contributed by atoms with Crippen LogP contribution >= 0.6 is 0 Å². The minimum Gasteiger partial charge on any atom is -0.507 e. The molecule has 0 saturated heterocycles. The molecule has 0 aromatic heterocycles. The lowest BCUT2D eigenvalue weighted by atomic mass is 9.93. The Hall–Kier alpha value is -1.55. The van der Waals surface area contributed by atoms with E-state index in [9.17, 15) is 20.1 Å². The van der Waals surface area contributed by atoms with Crippen molar-refractivity contribution in [2.24, 2.45) is 5.92 Å². The number of ketones is 1. The van der Waals surface area contributed by atoms with Gasteiger partial charge in [-0.25, -0.2) is 0 Å². The summed E-state index contributed by atoms with van der Waals surface area (Å²) in [4.78, 5) is 12.1. The number of Topliss-reactive ketones (excluding diaryl/α,β-unsaturated/α-hetero) is 1. The zero-order valence-corrected chi connectivity index (χ0v) is 12.4. The molecule has 1 aromatic rings. The van der Waals surface area contributed by atoms with Crippen molar-refractivity contribution in [2.75, 3.05) is 0 Å². The van der Waals surface area contributed by atoms with E-state index in [4.69, 9.17) is 0 Å². The van der Waals surface area contributed by atoms with Gasteiger partial charge >= 0.3 is 0 Å². The third-order valence-electron chi connectivity index (χ3n) is 3.29. The maximum Gasteiger partial charge on any atom is 0.166 e. The van der Waals surface area contributed by atoms with Gasteiger partial charge in [-0.2, -0.15) is 0 Å². The average Bonchev–Trinajstić information content (AvgIpc) is 2.39. The lowest BCUT2D eigenvalue weighted by Crippen LogP contribution is -2.05. The van der Waals surface area contributed by atoms with Gasteiger partial charge in [0.05, 0.1) is 17.7 Å². The molecule has 0 spiro atoms. The number of aliphatic hydroxyl groups excluding tert-OH is 1. The van der Waals surface area contributed by atoms with Crippen LogP contribution in [0, 0.1) is 5.92 Å². The molecule has 0 aliphatic heterocycles. The molecule has 0 heterocycles. The summed E-state index contributed by atoms with van der Waals surface area (Å²) in [6, 6.07) is 1.56. The summed E-state index contributed by atoms with van der Waals surface area (Å²) in [5, 5.41) is 29.4. The van der Waals surface area contributed by atoms with Crippen LogP contribution in [0.5, 0.6) is 11.5 Å². The number of unbranched alkanes of at least 4 members (excludes halogenated alkanes) is 1. The molecule has 0 radical (unpaired) electrons. The van der Waals surface area contributed by atoms with E-state index in [1.165, 1.54) is 0 Å². The smallest absolute Gasteiger partial charge is 0.166 e. The molecule has 0 bridgehead atoms. The van der Waals surface area contributed by atoms with Crippen LogP contribution in [0.3, 0.4) is 0 Å². The summed E-state index contributed by atoms with van der Waals surface area (Å²) in [5.41, 5.74) is 0.848. The number of hydrogen-bond donors (Lipinski definition) is 3. The standard InChI is InChI=1S/C16H24O4/c1-4-5-6-14(18)12-8-11(7-10(2)3)15(19)13(9-17)16(12)20/h8,10,17,19-20H,4-7,9H2,1-3H3. The molecule has 112 valence electrons. The Bertz CT molecular complexity index is 478. The van der Waals surface area contributed by atoms with E-state index >= 15 is 0 Å². The Morgan fingerprint density at radius 1 is 1.25 bits per heavy atom. The van der Waals surface area contributed by atoms with Crippen LogP contribution in [0.2, 0.25) is 0 Å². The molecule has 0 amide bonds. The summed E-state index contributed by atoms with van der Waals surface area (Å²) in [6.45, 7) is 5.51. The van der Waals surface area contributed by atoms with Crippen LogP contribution in [0.25, 0.3) is 0 Å². The number of carbonyl (C=O) groups excluding carboxylic acids is 1. The highest BCUT2D eigenvalue weighted by Crippen LogP contribution is 2.36. The van der Waals surface area contributed by atoms with Gasteiger partial charge in [0.2, 0.25) is 0 Å². The van der Waals surface area contributed by atoms with Gasteiger partial charge in [-0.1, -0.05) is 27.2 Å². The van der Waals surface area contributed by atoms with Crippen LogP contribution in [0.4, 0.5) is 0 Å². The van der Waals surface area contributed by atoms with Crippen molar-refractivity contribution in [3.63, 3.8) is 0 Å². The Labute approximate surface area is 120 Å². The van der Waals surface area contributed by atoms with Gasteiger partial charge in [0.1, 0.15) is 11.5 Å². The number of hydrogen-bond acceptors (Lipinski definition) is 4. The van der Waals surface area contributed by atoms with Crippen molar-refractivity contribution in [1.82, 2.24) is 0 Å². The van der Waals surface area contributed by atoms with Crippen molar-refractivity contribution in [2.45, 2.75) is 53.1 Å². The highest BCUT2D eigenvalue weighted by molar-refractivity contribution is 5.99. The van der Waals surface area contributed by atoms with Crippen LogP contribution in [0.15, 0.2) is 6.07 Å². The number of rotatable bonds is 7. The number of carbonyl (C=O) groups is 1. The summed E-state index contributed by atoms with van der Waals surface area (Å²) in [7, 11) is 0. The van der Waals surface area contributed by atoms with Gasteiger partial charge in [-0.05, 0) is 30.4 Å². The highest BCUT2D eigenvalue weighted by Gasteiger charge is 2.21. The first-order valence-corrected chi connectivity index (χ1v) is 7.13.